The second-order valence-electron chi connectivity index (χ2n) is 5.12. The van der Waals surface area contributed by atoms with Gasteiger partial charge in [-0.2, -0.15) is 0 Å². The summed E-state index contributed by atoms with van der Waals surface area (Å²) in [5.41, 5.74) is 2.61. The van der Waals surface area contributed by atoms with Crippen LogP contribution in [0.3, 0.4) is 0 Å². The lowest BCUT2D eigenvalue weighted by atomic mass is 10.0. The van der Waals surface area contributed by atoms with E-state index in [0.717, 1.165) is 29.1 Å². The number of para-hydroxylation sites is 1. The molecule has 0 aromatic heterocycles. The lowest BCUT2D eigenvalue weighted by Gasteiger charge is -2.16. The van der Waals surface area contributed by atoms with Crippen LogP contribution in [0.15, 0.2) is 51.8 Å². The summed E-state index contributed by atoms with van der Waals surface area (Å²) in [7, 11) is 1.95. The monoisotopic (exact) mass is 363 g/mol. The van der Waals surface area contributed by atoms with Gasteiger partial charge in [-0.25, -0.2) is 0 Å². The lowest BCUT2D eigenvalue weighted by Crippen LogP contribution is -2.13. The van der Waals surface area contributed by atoms with Crippen molar-refractivity contribution in [1.82, 2.24) is 5.32 Å². The molecule has 2 nitrogen and oxygen atoms in total. The summed E-state index contributed by atoms with van der Waals surface area (Å²) in [6, 6.07) is 14.8. The van der Waals surface area contributed by atoms with Crippen LogP contribution < -0.4 is 10.1 Å². The first kappa shape index (κ1) is 14.9. The molecule has 0 radical (unpaired) electrons. The van der Waals surface area contributed by atoms with Gasteiger partial charge in [0.05, 0.1) is 11.1 Å². The molecule has 0 saturated heterocycles. The molecule has 2 aromatic rings. The molecular formula is C17H18BrNOS. The summed E-state index contributed by atoms with van der Waals surface area (Å²) in [5.74, 6) is 2.53. The van der Waals surface area contributed by atoms with Crippen molar-refractivity contribution in [1.29, 1.82) is 0 Å². The first-order valence-electron chi connectivity index (χ1n) is 7.06. The standard InChI is InChI=1S/C17H18BrNOS/c1-19-9-12-5-4-7-15(18)17(12)20-10-13-11-21-16-8-3-2-6-14(13)16/h2-8,13,19H,9-11H2,1H3. The average Bonchev–Trinajstić information content (AvgIpc) is 2.90. The normalized spacial score (nSPS) is 16.8. The molecule has 0 amide bonds. The number of rotatable bonds is 5. The molecular weight excluding hydrogens is 346 g/mol. The Hall–Kier alpha value is -0.970. The minimum atomic E-state index is 0.473. The molecule has 110 valence electrons. The second kappa shape index (κ2) is 6.86. The molecule has 1 aliphatic heterocycles. The predicted octanol–water partition coefficient (Wildman–Crippen LogP) is 4.44. The van der Waals surface area contributed by atoms with Crippen LogP contribution in [0.1, 0.15) is 17.0 Å². The van der Waals surface area contributed by atoms with Gasteiger partial charge in [0.25, 0.3) is 0 Å². The molecule has 1 aliphatic rings. The van der Waals surface area contributed by atoms with Gasteiger partial charge in [-0.05, 0) is 40.7 Å². The number of benzene rings is 2. The minimum Gasteiger partial charge on any atom is -0.491 e. The Bertz CT molecular complexity index is 632. The second-order valence-corrected chi connectivity index (χ2v) is 7.03. The van der Waals surface area contributed by atoms with Crippen molar-refractivity contribution in [3.05, 3.63) is 58.1 Å². The van der Waals surface area contributed by atoms with Crippen LogP contribution in [0.2, 0.25) is 0 Å². The minimum absolute atomic E-state index is 0.473. The van der Waals surface area contributed by atoms with E-state index in [-0.39, 0.29) is 0 Å². The quantitative estimate of drug-likeness (QED) is 0.848. The van der Waals surface area contributed by atoms with Crippen LogP contribution in [0.4, 0.5) is 0 Å². The molecule has 21 heavy (non-hydrogen) atoms. The molecule has 0 bridgehead atoms. The van der Waals surface area contributed by atoms with Gasteiger partial charge in [0.1, 0.15) is 5.75 Å². The molecule has 3 rings (SSSR count). The number of thioether (sulfide) groups is 1. The van der Waals surface area contributed by atoms with E-state index in [1.165, 1.54) is 16.0 Å². The lowest BCUT2D eigenvalue weighted by molar-refractivity contribution is 0.293. The van der Waals surface area contributed by atoms with Crippen LogP contribution in [0.5, 0.6) is 5.75 Å². The molecule has 1 N–H and O–H groups in total. The molecule has 1 heterocycles. The fourth-order valence-corrected chi connectivity index (χ4v) is 4.35. The van der Waals surface area contributed by atoms with Gasteiger partial charge in [0.2, 0.25) is 0 Å². The number of nitrogens with one attached hydrogen (secondary N) is 1. The maximum atomic E-state index is 6.16. The van der Waals surface area contributed by atoms with Crippen molar-refractivity contribution in [2.75, 3.05) is 19.4 Å². The number of hydrogen-bond donors (Lipinski definition) is 1. The molecule has 0 aliphatic carbocycles. The van der Waals surface area contributed by atoms with Crippen molar-refractivity contribution in [2.24, 2.45) is 0 Å². The average molecular weight is 364 g/mol. The number of halogens is 1. The van der Waals surface area contributed by atoms with Crippen LogP contribution in [-0.4, -0.2) is 19.4 Å². The van der Waals surface area contributed by atoms with Crippen LogP contribution in [0, 0.1) is 0 Å². The van der Waals surface area contributed by atoms with E-state index in [1.807, 2.05) is 30.9 Å². The summed E-state index contributed by atoms with van der Waals surface area (Å²) in [6.07, 6.45) is 0. The fraction of sp³-hybridized carbons (Fsp3) is 0.294. The van der Waals surface area contributed by atoms with Gasteiger partial charge in [-0.1, -0.05) is 30.3 Å². The van der Waals surface area contributed by atoms with Crippen molar-refractivity contribution in [2.45, 2.75) is 17.4 Å². The fourth-order valence-electron chi connectivity index (χ4n) is 2.60. The third kappa shape index (κ3) is 3.28. The highest BCUT2D eigenvalue weighted by atomic mass is 79.9. The van der Waals surface area contributed by atoms with E-state index in [9.17, 15) is 0 Å². The van der Waals surface area contributed by atoms with E-state index in [0.29, 0.717) is 5.92 Å². The number of fused-ring (bicyclic) bond motifs is 1. The largest absolute Gasteiger partial charge is 0.491 e. The molecule has 1 atom stereocenters. The highest BCUT2D eigenvalue weighted by molar-refractivity contribution is 9.10. The van der Waals surface area contributed by atoms with Crippen molar-refractivity contribution in [3.8, 4) is 5.75 Å². The molecule has 1 unspecified atom stereocenters. The van der Waals surface area contributed by atoms with Gasteiger partial charge < -0.3 is 10.1 Å². The Morgan fingerprint density at radius 2 is 2.10 bits per heavy atom. The van der Waals surface area contributed by atoms with Crippen LogP contribution in [-0.2, 0) is 6.54 Å². The Labute approximate surface area is 138 Å². The first-order chi connectivity index (χ1) is 10.3. The maximum Gasteiger partial charge on any atom is 0.137 e. The first-order valence-corrected chi connectivity index (χ1v) is 8.84. The van der Waals surface area contributed by atoms with Crippen molar-refractivity contribution in [3.63, 3.8) is 0 Å². The van der Waals surface area contributed by atoms with E-state index >= 15 is 0 Å². The summed E-state index contributed by atoms with van der Waals surface area (Å²) in [4.78, 5) is 1.40. The van der Waals surface area contributed by atoms with E-state index < -0.39 is 0 Å². The Kier molecular flexibility index (Phi) is 4.88. The van der Waals surface area contributed by atoms with Crippen LogP contribution >= 0.6 is 27.7 Å². The summed E-state index contributed by atoms with van der Waals surface area (Å²) >= 11 is 5.53. The zero-order valence-electron chi connectivity index (χ0n) is 11.9. The zero-order chi connectivity index (χ0) is 14.7. The Balaban J connectivity index is 1.74. The van der Waals surface area contributed by atoms with E-state index in [4.69, 9.17) is 4.74 Å². The molecule has 4 heteroatoms. The van der Waals surface area contributed by atoms with Gasteiger partial charge >= 0.3 is 0 Å². The maximum absolute atomic E-state index is 6.16. The van der Waals surface area contributed by atoms with E-state index in [1.54, 1.807) is 0 Å². The number of ether oxygens (including phenoxy) is 1. The topological polar surface area (TPSA) is 21.3 Å². The molecule has 0 fully saturated rings. The summed E-state index contributed by atoms with van der Waals surface area (Å²) < 4.78 is 7.18. The summed E-state index contributed by atoms with van der Waals surface area (Å²) in [5, 5.41) is 3.19. The molecule has 0 saturated carbocycles. The predicted molar refractivity (Wildman–Crippen MR) is 92.3 cm³/mol. The summed E-state index contributed by atoms with van der Waals surface area (Å²) in [6.45, 7) is 1.54. The van der Waals surface area contributed by atoms with E-state index in [2.05, 4.69) is 51.6 Å². The van der Waals surface area contributed by atoms with Crippen molar-refractivity contribution >= 4 is 27.7 Å². The third-order valence-corrected chi connectivity index (χ3v) is 5.52. The Morgan fingerprint density at radius 1 is 1.24 bits per heavy atom. The third-order valence-electron chi connectivity index (χ3n) is 3.64. The van der Waals surface area contributed by atoms with Crippen molar-refractivity contribution < 1.29 is 4.74 Å². The van der Waals surface area contributed by atoms with Gasteiger partial charge in [0, 0.05) is 28.7 Å². The molecule has 2 aromatic carbocycles. The Morgan fingerprint density at radius 3 is 2.95 bits per heavy atom. The SMILES string of the molecule is CNCc1cccc(Br)c1OCC1CSc2ccccc21. The number of hydrogen-bond acceptors (Lipinski definition) is 3. The smallest absolute Gasteiger partial charge is 0.137 e. The highest BCUT2D eigenvalue weighted by Crippen LogP contribution is 2.40. The highest BCUT2D eigenvalue weighted by Gasteiger charge is 2.23. The van der Waals surface area contributed by atoms with Gasteiger partial charge in [-0.3, -0.25) is 0 Å². The van der Waals surface area contributed by atoms with Gasteiger partial charge in [-0.15, -0.1) is 11.8 Å². The van der Waals surface area contributed by atoms with Crippen LogP contribution in [0.25, 0.3) is 0 Å². The molecule has 0 spiro atoms. The van der Waals surface area contributed by atoms with Gasteiger partial charge in [0.15, 0.2) is 0 Å². The zero-order valence-corrected chi connectivity index (χ0v) is 14.3.